The Morgan fingerprint density at radius 1 is 0.333 bits per heavy atom. The van der Waals surface area contributed by atoms with Crippen molar-refractivity contribution in [2.45, 2.75) is 0 Å². The van der Waals surface area contributed by atoms with Gasteiger partial charge in [-0.3, -0.25) is 9.13 Å². The number of benzene rings is 7. The summed E-state index contributed by atoms with van der Waals surface area (Å²) in [6.07, 6.45) is 0. The predicted octanol–water partition coefficient (Wildman–Crippen LogP) is 10.8. The van der Waals surface area contributed by atoms with Crippen LogP contribution in [0.2, 0.25) is 0 Å². The molecule has 4 aromatic heterocycles. The van der Waals surface area contributed by atoms with E-state index in [0.717, 1.165) is 13.7 Å². The topological polar surface area (TPSA) is 53.5 Å². The molecule has 0 amide bonds. The third-order valence-corrected chi connectivity index (χ3v) is 8.17. The lowest BCUT2D eigenvalue weighted by Gasteiger charge is -2.13. The molecule has 238 valence electrons. The second-order valence-corrected chi connectivity index (χ2v) is 10.8. The van der Waals surface area contributed by atoms with Crippen LogP contribution in [0.15, 0.2) is 169 Å². The van der Waals surface area contributed by atoms with Crippen molar-refractivity contribution in [1.82, 2.24) is 28.7 Å². The van der Waals surface area contributed by atoms with Crippen LogP contribution in [0.1, 0.15) is 38.4 Å². The van der Waals surface area contributed by atoms with Gasteiger partial charge in [0.05, 0.1) is 71.5 Å². The van der Waals surface area contributed by atoms with Gasteiger partial charge in [-0.2, -0.15) is 15.0 Å². The molecule has 0 bridgehead atoms. The molecule has 0 aliphatic heterocycles. The van der Waals surface area contributed by atoms with Crippen LogP contribution in [0.5, 0.6) is 0 Å². The highest BCUT2D eigenvalue weighted by atomic mass is 15.3. The molecule has 11 aromatic rings. The zero-order chi connectivity index (χ0) is 57.8. The van der Waals surface area contributed by atoms with E-state index >= 15 is 0 Å². The normalized spacial score (nSPS) is 19.6. The Morgan fingerprint density at radius 2 is 0.667 bits per heavy atom. The van der Waals surface area contributed by atoms with Gasteiger partial charge < -0.3 is 4.57 Å². The lowest BCUT2D eigenvalue weighted by atomic mass is 10.2. The first-order valence-electron chi connectivity index (χ1n) is 28.9. The van der Waals surface area contributed by atoms with Gasteiger partial charge >= 0.3 is 0 Å². The van der Waals surface area contributed by atoms with Gasteiger partial charge in [0.15, 0.2) is 5.82 Å². The Balaban J connectivity index is 1.42. The number of para-hydroxylation sites is 6. The maximum Gasteiger partial charge on any atom is 0.240 e. The summed E-state index contributed by atoms with van der Waals surface area (Å²) in [4.78, 5) is 13.7. The van der Waals surface area contributed by atoms with Crippen molar-refractivity contribution >= 4 is 65.4 Å². The highest BCUT2D eigenvalue weighted by molar-refractivity contribution is 6.11. The zero-order valence-corrected chi connectivity index (χ0v) is 25.2. The summed E-state index contributed by atoms with van der Waals surface area (Å²) in [6.45, 7) is 0. The van der Waals surface area contributed by atoms with Crippen molar-refractivity contribution in [2.75, 3.05) is 0 Å². The minimum atomic E-state index is -1.08. The molecule has 6 heteroatoms. The number of rotatable bonds is 4. The predicted molar refractivity (Wildman–Crippen MR) is 208 cm³/mol. The molecular formula is C45H28N6. The van der Waals surface area contributed by atoms with E-state index in [1.165, 1.54) is 0 Å². The molecule has 7 aromatic carbocycles. The number of fused-ring (bicyclic) bond motifs is 9. The maximum absolute atomic E-state index is 9.96. The summed E-state index contributed by atoms with van der Waals surface area (Å²) < 4.78 is 253. The van der Waals surface area contributed by atoms with Gasteiger partial charge in [0.1, 0.15) is 0 Å². The van der Waals surface area contributed by atoms with Gasteiger partial charge in [0, 0.05) is 43.6 Å². The van der Waals surface area contributed by atoms with Crippen molar-refractivity contribution < 1.29 is 38.4 Å². The highest BCUT2D eigenvalue weighted by Gasteiger charge is 2.21. The summed E-state index contributed by atoms with van der Waals surface area (Å²) in [5.74, 6) is -2.81. The molecule has 51 heavy (non-hydrogen) atoms. The summed E-state index contributed by atoms with van der Waals surface area (Å²) in [7, 11) is 0. The molecule has 0 saturated heterocycles. The summed E-state index contributed by atoms with van der Waals surface area (Å²) >= 11 is 0. The molecule has 0 spiro atoms. The van der Waals surface area contributed by atoms with Crippen LogP contribution in [0.25, 0.3) is 94.4 Å². The van der Waals surface area contributed by atoms with Crippen LogP contribution in [-0.4, -0.2) is 28.7 Å². The minimum absolute atomic E-state index is 0.500. The molecule has 0 aliphatic carbocycles. The summed E-state index contributed by atoms with van der Waals surface area (Å²) in [5.41, 5.74) is -5.46. The van der Waals surface area contributed by atoms with Crippen LogP contribution in [0.3, 0.4) is 0 Å². The summed E-state index contributed by atoms with van der Waals surface area (Å²) in [6, 6.07) is -24.9. The molecule has 0 unspecified atom stereocenters. The van der Waals surface area contributed by atoms with E-state index in [0.29, 0.717) is 0 Å². The van der Waals surface area contributed by atoms with Crippen molar-refractivity contribution in [3.8, 4) is 29.0 Å². The Hall–Kier alpha value is -7.05. The van der Waals surface area contributed by atoms with Crippen LogP contribution in [0, 0.1) is 0 Å². The van der Waals surface area contributed by atoms with Crippen molar-refractivity contribution in [2.24, 2.45) is 0 Å². The monoisotopic (exact) mass is 680 g/mol. The Labute approximate surface area is 331 Å². The Morgan fingerprint density at radius 3 is 1.04 bits per heavy atom. The fraction of sp³-hybridized carbons (Fsp3) is 0. The second-order valence-electron chi connectivity index (χ2n) is 10.8. The van der Waals surface area contributed by atoms with E-state index in [-0.39, 0.29) is 0 Å². The Kier molecular flexibility index (Phi) is 2.54. The van der Waals surface area contributed by atoms with Crippen LogP contribution in [-0.2, 0) is 0 Å². The first kappa shape index (κ1) is 12.1. The largest absolute Gasteiger partial charge is 0.309 e. The number of nitrogens with zero attached hydrogens (tertiary/aromatic N) is 6. The van der Waals surface area contributed by atoms with Gasteiger partial charge in [0.25, 0.3) is 0 Å². The molecule has 6 nitrogen and oxygen atoms in total. The maximum atomic E-state index is 9.96. The average molecular weight is 681 g/mol. The van der Waals surface area contributed by atoms with Gasteiger partial charge in [-0.25, -0.2) is 0 Å². The standard InChI is InChI=1S/C45H28N6/c1-7-22-37-31(16-1)32-17-2-8-23-38(32)49(37)30-15-13-14-29(28-30)43-46-44(50-39-24-9-3-18-33(39)34-19-4-10-25-40(34)50)48-45(47-43)51-41-26-11-5-20-35(41)36-21-6-12-27-42(36)51/h1-28H/i1D,2D,3D,4D,5D,6D,7D,8D,9D,10D,11D,12D,13D,14D,15D,16D,17D,18D,19D,20D,21D,22D,23D,24D,25D,26D,27D,28D. The van der Waals surface area contributed by atoms with Crippen molar-refractivity contribution in [3.05, 3.63) is 169 Å². The lowest BCUT2D eigenvalue weighted by molar-refractivity contribution is 0.892. The quantitative estimate of drug-likeness (QED) is 0.186. The third kappa shape index (κ3) is 4.07. The smallest absolute Gasteiger partial charge is 0.240 e. The SMILES string of the molecule is [2H]c1c([2H])c(-c2nc(-n3c4c([2H])c([2H])c([2H])c([2H])c4c4c([2H])c([2H])c([2H])c([2H])c43)nc(-n3c4c([2H])c([2H])c([2H])c([2H])c4c4c([2H])c([2H])c([2H])c([2H])c43)n2)c([2H])c(-n2c3c([2H])c([2H])c([2H])c([2H])c3c3c([2H])c([2H])c([2H])c([2H])c32)c1[2H]. The molecule has 0 radical (unpaired) electrons. The number of aromatic nitrogens is 6. The van der Waals surface area contributed by atoms with Crippen LogP contribution >= 0.6 is 0 Å². The van der Waals surface area contributed by atoms with Crippen LogP contribution in [0.4, 0.5) is 0 Å². The van der Waals surface area contributed by atoms with Crippen LogP contribution < -0.4 is 0 Å². The molecule has 0 fully saturated rings. The fourth-order valence-electron chi connectivity index (χ4n) is 6.11. The molecule has 0 saturated carbocycles. The molecule has 0 aliphatic rings. The second kappa shape index (κ2) is 10.7. The van der Waals surface area contributed by atoms with E-state index in [2.05, 4.69) is 15.0 Å². The van der Waals surface area contributed by atoms with Crippen molar-refractivity contribution in [1.29, 1.82) is 0 Å². The van der Waals surface area contributed by atoms with E-state index in [4.69, 9.17) is 27.4 Å². The van der Waals surface area contributed by atoms with Crippen molar-refractivity contribution in [3.63, 3.8) is 0 Å². The molecule has 0 atom stereocenters. The van der Waals surface area contributed by atoms with Gasteiger partial charge in [0.2, 0.25) is 11.9 Å². The fourth-order valence-corrected chi connectivity index (χ4v) is 6.11. The lowest BCUT2D eigenvalue weighted by Crippen LogP contribution is -2.10. The van der Waals surface area contributed by atoms with Gasteiger partial charge in [-0.1, -0.05) is 121 Å². The van der Waals surface area contributed by atoms with E-state index < -0.39 is 264 Å². The minimum Gasteiger partial charge on any atom is -0.309 e. The molecule has 0 N–H and O–H groups in total. The van der Waals surface area contributed by atoms with E-state index in [1.807, 2.05) is 0 Å². The first-order chi connectivity index (χ1) is 36.9. The van der Waals surface area contributed by atoms with Gasteiger partial charge in [-0.05, 0) is 48.3 Å². The summed E-state index contributed by atoms with van der Waals surface area (Å²) in [5, 5.41) is -3.02. The average Bonchev–Trinajstić information content (AvgIpc) is 3.78. The first-order valence-corrected chi connectivity index (χ1v) is 14.9. The van der Waals surface area contributed by atoms with Gasteiger partial charge in [-0.15, -0.1) is 0 Å². The molecular weight excluding hydrogens is 625 g/mol. The van der Waals surface area contributed by atoms with E-state index in [9.17, 15) is 11.0 Å². The highest BCUT2D eigenvalue weighted by Crippen LogP contribution is 2.36. The zero-order valence-electron chi connectivity index (χ0n) is 53.2. The number of hydrogen-bond donors (Lipinski definition) is 0. The Bertz CT molecular complexity index is 4360. The molecule has 4 heterocycles. The third-order valence-electron chi connectivity index (χ3n) is 8.17. The number of hydrogen-bond acceptors (Lipinski definition) is 3. The molecule has 11 rings (SSSR count). The van der Waals surface area contributed by atoms with E-state index in [1.54, 1.807) is 0 Å².